The highest BCUT2D eigenvalue weighted by atomic mass is 79.9. The molecule has 1 amide bonds. The van der Waals surface area contributed by atoms with Gasteiger partial charge in [-0.3, -0.25) is 4.79 Å². The molecule has 18 heavy (non-hydrogen) atoms. The number of methoxy groups -OCH3 is 1. The predicted octanol–water partition coefficient (Wildman–Crippen LogP) is 3.13. The van der Waals surface area contributed by atoms with E-state index in [4.69, 9.17) is 4.74 Å². The molecule has 1 aromatic carbocycles. The van der Waals surface area contributed by atoms with Gasteiger partial charge in [-0.05, 0) is 24.6 Å². The van der Waals surface area contributed by atoms with Crippen LogP contribution in [0.2, 0.25) is 0 Å². The lowest BCUT2D eigenvalue weighted by molar-refractivity contribution is 0.0887. The molecule has 0 bridgehead atoms. The molecule has 0 saturated carbocycles. The number of amides is 1. The van der Waals surface area contributed by atoms with Crippen molar-refractivity contribution >= 4 is 21.8 Å². The van der Waals surface area contributed by atoms with Gasteiger partial charge in [0.15, 0.2) is 0 Å². The molecule has 1 atom stereocenters. The molecule has 0 aliphatic carbocycles. The number of carbonyl (C=O) groups is 1. The number of rotatable bonds is 6. The van der Waals surface area contributed by atoms with Gasteiger partial charge in [-0.15, -0.1) is 0 Å². The van der Waals surface area contributed by atoms with Gasteiger partial charge in [-0.1, -0.05) is 29.3 Å². The second kappa shape index (κ2) is 7.48. The summed E-state index contributed by atoms with van der Waals surface area (Å²) in [7, 11) is 1.58. The molecule has 100 valence electrons. The van der Waals surface area contributed by atoms with Crippen molar-refractivity contribution in [1.82, 2.24) is 5.32 Å². The first-order valence-corrected chi connectivity index (χ1v) is 6.62. The van der Waals surface area contributed by atoms with Crippen molar-refractivity contribution in [3.63, 3.8) is 0 Å². The van der Waals surface area contributed by atoms with Gasteiger partial charge >= 0.3 is 0 Å². The highest BCUT2D eigenvalue weighted by Gasteiger charge is 2.16. The molecule has 0 fully saturated rings. The molecule has 0 spiro atoms. The number of nitrogens with one attached hydrogen (secondary N) is 1. The molecule has 1 rings (SSSR count). The monoisotopic (exact) mass is 317 g/mol. The van der Waals surface area contributed by atoms with Gasteiger partial charge in [0, 0.05) is 11.6 Å². The van der Waals surface area contributed by atoms with Gasteiger partial charge in [0.25, 0.3) is 5.91 Å². The van der Waals surface area contributed by atoms with Crippen molar-refractivity contribution in [2.75, 3.05) is 13.7 Å². The fraction of sp³-hybridized carbons (Fsp3) is 0.462. The van der Waals surface area contributed by atoms with E-state index in [1.54, 1.807) is 13.2 Å². The van der Waals surface area contributed by atoms with Gasteiger partial charge in [0.1, 0.15) is 5.82 Å². The summed E-state index contributed by atoms with van der Waals surface area (Å²) >= 11 is 3.15. The van der Waals surface area contributed by atoms with Crippen molar-refractivity contribution in [3.05, 3.63) is 34.1 Å². The lowest BCUT2D eigenvalue weighted by Crippen LogP contribution is -2.38. The Bertz CT molecular complexity index is 406. The van der Waals surface area contributed by atoms with Crippen LogP contribution in [0, 0.1) is 5.82 Å². The highest BCUT2D eigenvalue weighted by Crippen LogP contribution is 2.15. The molecule has 0 radical (unpaired) electrons. The SMILES string of the molecule is CCCC(COC)NC(=O)c1ccc(Br)cc1F. The van der Waals surface area contributed by atoms with E-state index < -0.39 is 11.7 Å². The first-order valence-electron chi connectivity index (χ1n) is 5.83. The van der Waals surface area contributed by atoms with Crippen molar-refractivity contribution in [1.29, 1.82) is 0 Å². The van der Waals surface area contributed by atoms with E-state index in [1.165, 1.54) is 12.1 Å². The van der Waals surface area contributed by atoms with Gasteiger partial charge in [-0.2, -0.15) is 0 Å². The van der Waals surface area contributed by atoms with Gasteiger partial charge < -0.3 is 10.1 Å². The molecule has 1 aromatic rings. The molecular formula is C13H17BrFNO2. The Morgan fingerprint density at radius 1 is 1.56 bits per heavy atom. The van der Waals surface area contributed by atoms with Crippen molar-refractivity contribution < 1.29 is 13.9 Å². The lowest BCUT2D eigenvalue weighted by atomic mass is 10.1. The van der Waals surface area contributed by atoms with Gasteiger partial charge in [-0.25, -0.2) is 4.39 Å². The Labute approximate surface area is 115 Å². The van der Waals surface area contributed by atoms with Crippen LogP contribution in [-0.2, 0) is 4.74 Å². The quantitative estimate of drug-likeness (QED) is 0.875. The molecule has 1 N–H and O–H groups in total. The summed E-state index contributed by atoms with van der Waals surface area (Å²) in [4.78, 5) is 11.9. The van der Waals surface area contributed by atoms with Crippen molar-refractivity contribution in [2.24, 2.45) is 0 Å². The minimum atomic E-state index is -0.533. The third-order valence-electron chi connectivity index (χ3n) is 2.52. The topological polar surface area (TPSA) is 38.3 Å². The minimum absolute atomic E-state index is 0.0513. The lowest BCUT2D eigenvalue weighted by Gasteiger charge is -2.17. The summed E-state index contributed by atoms with van der Waals surface area (Å²) in [6.45, 7) is 2.45. The number of hydrogen-bond acceptors (Lipinski definition) is 2. The largest absolute Gasteiger partial charge is 0.383 e. The molecule has 1 unspecified atom stereocenters. The second-order valence-corrected chi connectivity index (χ2v) is 4.95. The first-order chi connectivity index (χ1) is 8.58. The summed E-state index contributed by atoms with van der Waals surface area (Å²) in [6, 6.07) is 4.30. The predicted molar refractivity (Wildman–Crippen MR) is 72.1 cm³/mol. The van der Waals surface area contributed by atoms with Crippen LogP contribution in [0.15, 0.2) is 22.7 Å². The van der Waals surface area contributed by atoms with E-state index >= 15 is 0 Å². The Kier molecular flexibility index (Phi) is 6.29. The van der Waals surface area contributed by atoms with Crippen LogP contribution in [-0.4, -0.2) is 25.7 Å². The molecule has 0 aliphatic heterocycles. The average molecular weight is 318 g/mol. The maximum absolute atomic E-state index is 13.6. The molecule has 0 aromatic heterocycles. The molecule has 0 saturated heterocycles. The first kappa shape index (κ1) is 15.1. The van der Waals surface area contributed by atoms with E-state index in [9.17, 15) is 9.18 Å². The van der Waals surface area contributed by atoms with Crippen LogP contribution in [0.25, 0.3) is 0 Å². The molecule has 0 aliphatic rings. The number of halogens is 2. The minimum Gasteiger partial charge on any atom is -0.383 e. The smallest absolute Gasteiger partial charge is 0.254 e. The van der Waals surface area contributed by atoms with Crippen LogP contribution in [0.4, 0.5) is 4.39 Å². The summed E-state index contributed by atoms with van der Waals surface area (Å²) in [6.07, 6.45) is 1.73. The normalized spacial score (nSPS) is 12.2. The van der Waals surface area contributed by atoms with E-state index in [-0.39, 0.29) is 11.6 Å². The van der Waals surface area contributed by atoms with Crippen molar-refractivity contribution in [2.45, 2.75) is 25.8 Å². The standard InChI is InChI=1S/C13H17BrFNO2/c1-3-4-10(8-18-2)16-13(17)11-6-5-9(14)7-12(11)15/h5-7,10H,3-4,8H2,1-2H3,(H,16,17). The summed E-state index contributed by atoms with van der Waals surface area (Å²) < 4.78 is 19.2. The Hall–Kier alpha value is -0.940. The number of ether oxygens (including phenoxy) is 1. The molecule has 0 heterocycles. The summed E-state index contributed by atoms with van der Waals surface area (Å²) in [5, 5.41) is 2.78. The number of hydrogen-bond donors (Lipinski definition) is 1. The van der Waals surface area contributed by atoms with E-state index in [2.05, 4.69) is 21.2 Å². The average Bonchev–Trinajstić information content (AvgIpc) is 2.29. The molecule has 3 nitrogen and oxygen atoms in total. The Balaban J connectivity index is 2.73. The number of benzene rings is 1. The van der Waals surface area contributed by atoms with Gasteiger partial charge in [0.2, 0.25) is 0 Å². The van der Waals surface area contributed by atoms with Crippen molar-refractivity contribution in [3.8, 4) is 0 Å². The highest BCUT2D eigenvalue weighted by molar-refractivity contribution is 9.10. The summed E-state index contributed by atoms with van der Waals surface area (Å²) in [5.74, 6) is -0.940. The molecule has 5 heteroatoms. The van der Waals surface area contributed by atoms with Gasteiger partial charge in [0.05, 0.1) is 18.2 Å². The third-order valence-corrected chi connectivity index (χ3v) is 3.01. The van der Waals surface area contributed by atoms with Crippen LogP contribution >= 0.6 is 15.9 Å². The van der Waals surface area contributed by atoms with Crippen LogP contribution < -0.4 is 5.32 Å². The Morgan fingerprint density at radius 3 is 2.83 bits per heavy atom. The molecular weight excluding hydrogens is 301 g/mol. The third kappa shape index (κ3) is 4.38. The van der Waals surface area contributed by atoms with E-state index in [0.717, 1.165) is 12.8 Å². The zero-order valence-corrected chi connectivity index (χ0v) is 12.1. The van der Waals surface area contributed by atoms with Crippen LogP contribution in [0.5, 0.6) is 0 Å². The maximum atomic E-state index is 13.6. The fourth-order valence-electron chi connectivity index (χ4n) is 1.68. The zero-order valence-electron chi connectivity index (χ0n) is 10.5. The van der Waals surface area contributed by atoms with E-state index in [0.29, 0.717) is 11.1 Å². The number of carbonyl (C=O) groups excluding carboxylic acids is 1. The van der Waals surface area contributed by atoms with E-state index in [1.807, 2.05) is 6.92 Å². The fourth-order valence-corrected chi connectivity index (χ4v) is 2.02. The van der Waals surface area contributed by atoms with Crippen LogP contribution in [0.3, 0.4) is 0 Å². The second-order valence-electron chi connectivity index (χ2n) is 4.04. The summed E-state index contributed by atoms with van der Waals surface area (Å²) in [5.41, 5.74) is 0.0513. The maximum Gasteiger partial charge on any atom is 0.254 e. The zero-order chi connectivity index (χ0) is 13.5. The van der Waals surface area contributed by atoms with Crippen LogP contribution in [0.1, 0.15) is 30.1 Å². The Morgan fingerprint density at radius 2 is 2.28 bits per heavy atom.